The number of aliphatic hydroxyl groups excluding tert-OH is 1. The van der Waals surface area contributed by atoms with E-state index in [0.29, 0.717) is 25.8 Å². The molecule has 0 bridgehead atoms. The number of likely N-dealkylation sites (tertiary alicyclic amines) is 1. The van der Waals surface area contributed by atoms with E-state index in [1.165, 1.54) is 7.11 Å². The van der Waals surface area contributed by atoms with Gasteiger partial charge in [0.15, 0.2) is 0 Å². The highest BCUT2D eigenvalue weighted by Crippen LogP contribution is 2.21. The summed E-state index contributed by atoms with van der Waals surface area (Å²) in [6.45, 7) is 7.69. The van der Waals surface area contributed by atoms with Gasteiger partial charge in [-0.15, -0.1) is 0 Å². The Bertz CT molecular complexity index is 1540. The number of aliphatic hydroxyl groups is 1. The number of amides is 5. The Morgan fingerprint density at radius 1 is 0.870 bits per heavy atom. The van der Waals surface area contributed by atoms with E-state index in [9.17, 15) is 33.9 Å². The lowest BCUT2D eigenvalue weighted by Crippen LogP contribution is -2.59. The lowest BCUT2D eigenvalue weighted by Gasteiger charge is -2.33. The standard InChI is InChI=1S/C39H56N6O9/c1-6-25(4)34(37(50)43-33(24(2)3)38(51)53-5)44-36(49)30-18-13-19-45(30)22-31(46)28(20-26-14-9-7-10-15-26)41-35(48)29(21-32(40)47)42-39(52)54-23-27-16-11-8-12-17-27/h7-12,14-17,24-25,28-31,33-34,46H,6,13,18-23H2,1-5H3,(H2,40,47)(H,41,48)(H,42,52)(H,43,50)(H,44,49)/t25?,28-,29-,30-,31?,33-,34-/m0/s1. The van der Waals surface area contributed by atoms with Crippen molar-refractivity contribution in [1.82, 2.24) is 26.2 Å². The van der Waals surface area contributed by atoms with Crippen LogP contribution in [0.5, 0.6) is 0 Å². The van der Waals surface area contributed by atoms with Crippen LogP contribution in [0, 0.1) is 11.8 Å². The second kappa shape index (κ2) is 21.6. The molecule has 1 aliphatic heterocycles. The number of esters is 1. The van der Waals surface area contributed by atoms with Gasteiger partial charge in [0.2, 0.25) is 23.6 Å². The zero-order chi connectivity index (χ0) is 39.8. The molecule has 0 spiro atoms. The number of benzene rings is 2. The number of alkyl carbamates (subject to hydrolysis) is 1. The fourth-order valence-corrected chi connectivity index (χ4v) is 6.28. The van der Waals surface area contributed by atoms with Gasteiger partial charge in [0.05, 0.1) is 31.7 Å². The van der Waals surface area contributed by atoms with Gasteiger partial charge in [-0.1, -0.05) is 94.8 Å². The van der Waals surface area contributed by atoms with Crippen LogP contribution in [0.15, 0.2) is 60.7 Å². The Morgan fingerprint density at radius 2 is 1.50 bits per heavy atom. The number of nitrogens with one attached hydrogen (secondary N) is 4. The predicted molar refractivity (Wildman–Crippen MR) is 200 cm³/mol. The first kappa shape index (κ1) is 43.4. The van der Waals surface area contributed by atoms with Crippen LogP contribution in [0.2, 0.25) is 0 Å². The fourth-order valence-electron chi connectivity index (χ4n) is 6.28. The predicted octanol–water partition coefficient (Wildman–Crippen LogP) is 1.55. The van der Waals surface area contributed by atoms with E-state index < -0.39 is 78.4 Å². The minimum atomic E-state index is -1.39. The van der Waals surface area contributed by atoms with Crippen LogP contribution in [0.3, 0.4) is 0 Å². The van der Waals surface area contributed by atoms with Gasteiger partial charge in [-0.25, -0.2) is 9.59 Å². The number of hydrogen-bond donors (Lipinski definition) is 6. The van der Waals surface area contributed by atoms with Crippen molar-refractivity contribution >= 4 is 35.7 Å². The normalized spacial score (nSPS) is 17.6. The van der Waals surface area contributed by atoms with Gasteiger partial charge in [0.1, 0.15) is 24.7 Å². The number of β-amino-alcohol motifs (C(OH)–C–C–N with tert-alkyl or cyclic N) is 1. The van der Waals surface area contributed by atoms with Gasteiger partial charge in [-0.3, -0.25) is 24.1 Å². The Kier molecular flexibility index (Phi) is 17.4. The van der Waals surface area contributed by atoms with Gasteiger partial charge >= 0.3 is 12.1 Å². The highest BCUT2D eigenvalue weighted by molar-refractivity contribution is 5.92. The van der Waals surface area contributed by atoms with Crippen LogP contribution in [0.1, 0.15) is 64.5 Å². The van der Waals surface area contributed by atoms with Crippen LogP contribution in [-0.4, -0.2) is 102 Å². The van der Waals surface area contributed by atoms with E-state index >= 15 is 0 Å². The summed E-state index contributed by atoms with van der Waals surface area (Å²) in [6.07, 6.45) is -0.773. The number of hydrogen-bond acceptors (Lipinski definition) is 10. The maximum atomic E-state index is 13.8. The van der Waals surface area contributed by atoms with Crippen molar-refractivity contribution < 1.29 is 43.3 Å². The van der Waals surface area contributed by atoms with Gasteiger partial charge in [0.25, 0.3) is 0 Å². The molecule has 5 amide bonds. The Labute approximate surface area is 317 Å². The highest BCUT2D eigenvalue weighted by Gasteiger charge is 2.38. The van der Waals surface area contributed by atoms with Crippen molar-refractivity contribution in [1.29, 1.82) is 0 Å². The van der Waals surface area contributed by atoms with E-state index in [1.54, 1.807) is 43.0 Å². The summed E-state index contributed by atoms with van der Waals surface area (Å²) in [4.78, 5) is 79.6. The molecular weight excluding hydrogens is 696 g/mol. The maximum absolute atomic E-state index is 13.8. The Hall–Kier alpha value is -5.02. The quantitative estimate of drug-likeness (QED) is 0.107. The highest BCUT2D eigenvalue weighted by atomic mass is 16.5. The molecule has 1 heterocycles. The largest absolute Gasteiger partial charge is 0.467 e. The van der Waals surface area contributed by atoms with E-state index in [2.05, 4.69) is 21.3 Å². The third kappa shape index (κ3) is 13.4. The molecule has 2 aromatic carbocycles. The molecule has 0 aromatic heterocycles. The Morgan fingerprint density at radius 3 is 2.07 bits per heavy atom. The van der Waals surface area contributed by atoms with Crippen LogP contribution < -0.4 is 27.0 Å². The summed E-state index contributed by atoms with van der Waals surface area (Å²) >= 11 is 0. The van der Waals surface area contributed by atoms with Crippen molar-refractivity contribution in [2.24, 2.45) is 17.6 Å². The summed E-state index contributed by atoms with van der Waals surface area (Å²) in [5.74, 6) is -3.58. The fraction of sp³-hybridized carbons (Fsp3) is 0.538. The summed E-state index contributed by atoms with van der Waals surface area (Å²) in [6, 6.07) is 13.3. The van der Waals surface area contributed by atoms with Crippen molar-refractivity contribution in [3.8, 4) is 0 Å². The number of primary amides is 1. The zero-order valence-corrected chi connectivity index (χ0v) is 31.8. The van der Waals surface area contributed by atoms with Gasteiger partial charge in [-0.05, 0) is 48.8 Å². The molecule has 15 nitrogen and oxygen atoms in total. The number of nitrogens with two attached hydrogens (primary N) is 1. The molecule has 7 atom stereocenters. The molecule has 296 valence electrons. The molecule has 1 aliphatic rings. The van der Waals surface area contributed by atoms with Crippen LogP contribution in [0.25, 0.3) is 0 Å². The third-order valence-electron chi connectivity index (χ3n) is 9.62. The second-order valence-electron chi connectivity index (χ2n) is 14.1. The lowest BCUT2D eigenvalue weighted by atomic mass is 9.96. The molecule has 54 heavy (non-hydrogen) atoms. The third-order valence-corrected chi connectivity index (χ3v) is 9.62. The number of carbonyl (C=O) groups is 6. The van der Waals surface area contributed by atoms with Crippen molar-refractivity contribution in [2.75, 3.05) is 20.2 Å². The topological polar surface area (TPSA) is 218 Å². The van der Waals surface area contributed by atoms with Gasteiger partial charge in [0, 0.05) is 6.54 Å². The summed E-state index contributed by atoms with van der Waals surface area (Å²) < 4.78 is 10.1. The molecule has 7 N–H and O–H groups in total. The van der Waals surface area contributed by atoms with E-state index in [0.717, 1.165) is 11.1 Å². The number of ether oxygens (including phenoxy) is 2. The molecule has 0 aliphatic carbocycles. The molecule has 0 radical (unpaired) electrons. The average Bonchev–Trinajstić information content (AvgIpc) is 3.62. The van der Waals surface area contributed by atoms with Crippen molar-refractivity contribution in [3.63, 3.8) is 0 Å². The first-order chi connectivity index (χ1) is 25.7. The minimum absolute atomic E-state index is 0.0130. The SMILES string of the molecule is CCC(C)[C@H](NC(=O)[C@@H]1CCCN1CC(O)[C@H](Cc1ccccc1)NC(=O)[C@H](CC(N)=O)NC(=O)OCc1ccccc1)C(=O)N[C@H](C(=O)OC)C(C)C. The minimum Gasteiger partial charge on any atom is -0.467 e. The van der Waals surface area contributed by atoms with E-state index in [-0.39, 0.29) is 31.4 Å². The van der Waals surface area contributed by atoms with E-state index in [1.807, 2.05) is 50.2 Å². The first-order valence-electron chi connectivity index (χ1n) is 18.4. The Balaban J connectivity index is 1.75. The molecule has 1 fully saturated rings. The molecule has 15 heteroatoms. The smallest absolute Gasteiger partial charge is 0.408 e. The number of nitrogens with zero attached hydrogens (tertiary/aromatic N) is 1. The lowest BCUT2D eigenvalue weighted by molar-refractivity contribution is -0.147. The van der Waals surface area contributed by atoms with E-state index in [4.69, 9.17) is 15.2 Å². The molecule has 1 saturated heterocycles. The van der Waals surface area contributed by atoms with Crippen LogP contribution >= 0.6 is 0 Å². The summed E-state index contributed by atoms with van der Waals surface area (Å²) in [5.41, 5.74) is 6.95. The maximum Gasteiger partial charge on any atom is 0.408 e. The summed E-state index contributed by atoms with van der Waals surface area (Å²) in [7, 11) is 1.25. The molecule has 3 rings (SSSR count). The van der Waals surface area contributed by atoms with Gasteiger partial charge < -0.3 is 41.6 Å². The van der Waals surface area contributed by atoms with Crippen LogP contribution in [0.4, 0.5) is 4.79 Å². The molecule has 2 aromatic rings. The second-order valence-corrected chi connectivity index (χ2v) is 14.1. The first-order valence-corrected chi connectivity index (χ1v) is 18.4. The van der Waals surface area contributed by atoms with Crippen molar-refractivity contribution in [3.05, 3.63) is 71.8 Å². The number of methoxy groups -OCH3 is 1. The van der Waals surface area contributed by atoms with Crippen molar-refractivity contribution in [2.45, 2.75) is 103 Å². The average molecular weight is 753 g/mol. The number of carbonyl (C=O) groups excluding carboxylic acids is 6. The number of rotatable bonds is 20. The molecule has 0 saturated carbocycles. The molecular formula is C39H56N6O9. The van der Waals surface area contributed by atoms with Crippen LogP contribution in [-0.2, 0) is 46.5 Å². The molecule has 2 unspecified atom stereocenters. The monoisotopic (exact) mass is 752 g/mol. The zero-order valence-electron chi connectivity index (χ0n) is 31.8. The van der Waals surface area contributed by atoms with Gasteiger partial charge in [-0.2, -0.15) is 0 Å². The summed E-state index contributed by atoms with van der Waals surface area (Å²) in [5, 5.41) is 22.5.